The van der Waals surface area contributed by atoms with Gasteiger partial charge in [0.25, 0.3) is 5.56 Å². The number of sulfone groups is 1. The molecule has 0 amide bonds. The maximum Gasteiger partial charge on any atom is 0.261 e. The predicted octanol–water partition coefficient (Wildman–Crippen LogP) is 5.65. The van der Waals surface area contributed by atoms with Crippen LogP contribution < -0.4 is 10.9 Å². The highest BCUT2D eigenvalue weighted by molar-refractivity contribution is 8.11. The molecule has 8 nitrogen and oxygen atoms in total. The van der Waals surface area contributed by atoms with Gasteiger partial charge in [0, 0.05) is 24.2 Å². The van der Waals surface area contributed by atoms with Crippen molar-refractivity contribution in [2.45, 2.75) is 0 Å². The summed E-state index contributed by atoms with van der Waals surface area (Å²) in [4.78, 5) is 25.3. The van der Waals surface area contributed by atoms with E-state index in [1.807, 2.05) is 0 Å². The van der Waals surface area contributed by atoms with E-state index in [4.69, 9.17) is 34.8 Å². The molecule has 13 heteroatoms. The van der Waals surface area contributed by atoms with Gasteiger partial charge in [-0.05, 0) is 29.7 Å². The lowest BCUT2D eigenvalue weighted by Crippen LogP contribution is -2.12. The van der Waals surface area contributed by atoms with E-state index in [0.29, 0.717) is 48.5 Å². The number of benzene rings is 2. The van der Waals surface area contributed by atoms with Crippen molar-refractivity contribution < 1.29 is 8.42 Å². The van der Waals surface area contributed by atoms with E-state index in [9.17, 15) is 13.2 Å². The van der Waals surface area contributed by atoms with Crippen molar-refractivity contribution in [2.75, 3.05) is 11.6 Å². The molecule has 34 heavy (non-hydrogen) atoms. The SMILES string of the molecule is Cn1c(Nc2c(Cl)cccc2Cl)nc2ccc3nc(/C(=C\Cl)S/C=C/S(C)(=O)=O)[nH]c(=O)c3c21. The second-order valence-electron chi connectivity index (χ2n) is 7.15. The maximum atomic E-state index is 13.1. The number of aromatic nitrogens is 4. The first-order chi connectivity index (χ1) is 16.1. The van der Waals surface area contributed by atoms with Crippen LogP contribution in [0.25, 0.3) is 26.8 Å². The molecule has 2 aromatic heterocycles. The Labute approximate surface area is 213 Å². The molecule has 0 bridgehead atoms. The van der Waals surface area contributed by atoms with Crippen LogP contribution in [-0.2, 0) is 16.9 Å². The maximum absolute atomic E-state index is 13.1. The number of rotatable bonds is 6. The summed E-state index contributed by atoms with van der Waals surface area (Å²) < 4.78 is 24.4. The third-order valence-corrected chi connectivity index (χ3v) is 7.35. The number of hydrogen-bond acceptors (Lipinski definition) is 7. The molecule has 0 unspecified atom stereocenters. The average Bonchev–Trinajstić information content (AvgIpc) is 3.08. The Balaban J connectivity index is 1.80. The number of aryl methyl sites for hydroxylation is 1. The Morgan fingerprint density at radius 3 is 2.47 bits per heavy atom. The van der Waals surface area contributed by atoms with E-state index in [2.05, 4.69) is 20.3 Å². The van der Waals surface area contributed by atoms with Crippen molar-refractivity contribution in [3.8, 4) is 0 Å². The van der Waals surface area contributed by atoms with Gasteiger partial charge in [0.2, 0.25) is 5.95 Å². The van der Waals surface area contributed by atoms with Crippen LogP contribution in [0.4, 0.5) is 11.6 Å². The van der Waals surface area contributed by atoms with E-state index in [0.717, 1.165) is 23.4 Å². The van der Waals surface area contributed by atoms with Gasteiger partial charge in [0.05, 0.1) is 42.6 Å². The molecule has 0 saturated heterocycles. The molecule has 0 radical (unpaired) electrons. The fourth-order valence-corrected chi connectivity index (χ4v) is 5.41. The van der Waals surface area contributed by atoms with Crippen molar-refractivity contribution in [1.82, 2.24) is 19.5 Å². The van der Waals surface area contributed by atoms with Gasteiger partial charge in [-0.15, -0.1) is 0 Å². The topological polar surface area (TPSA) is 110 Å². The first-order valence-corrected chi connectivity index (χ1v) is 13.6. The summed E-state index contributed by atoms with van der Waals surface area (Å²) in [6.45, 7) is 0. The minimum atomic E-state index is -3.30. The Hall–Kier alpha value is -2.50. The fourth-order valence-electron chi connectivity index (χ4n) is 3.22. The van der Waals surface area contributed by atoms with Crippen LogP contribution in [0, 0.1) is 0 Å². The molecular formula is C21H16Cl3N5O3S2. The molecule has 0 aliphatic carbocycles. The molecule has 2 N–H and O–H groups in total. The number of imidazole rings is 1. The van der Waals surface area contributed by atoms with E-state index in [-0.39, 0.29) is 5.82 Å². The van der Waals surface area contributed by atoms with Crippen LogP contribution in [0.3, 0.4) is 0 Å². The summed E-state index contributed by atoms with van der Waals surface area (Å²) in [7, 11) is -1.55. The van der Waals surface area contributed by atoms with Gasteiger partial charge in [-0.2, -0.15) is 0 Å². The second kappa shape index (κ2) is 9.63. The highest BCUT2D eigenvalue weighted by Gasteiger charge is 2.17. The molecule has 0 fully saturated rings. The zero-order valence-electron chi connectivity index (χ0n) is 17.6. The van der Waals surface area contributed by atoms with Crippen LogP contribution in [0.5, 0.6) is 0 Å². The van der Waals surface area contributed by atoms with Crippen LogP contribution in [0.15, 0.2) is 51.5 Å². The molecule has 0 aliphatic rings. The van der Waals surface area contributed by atoms with Gasteiger partial charge in [-0.1, -0.05) is 52.6 Å². The zero-order valence-corrected chi connectivity index (χ0v) is 21.5. The monoisotopic (exact) mass is 555 g/mol. The largest absolute Gasteiger partial charge is 0.323 e. The number of H-pyrrole nitrogens is 1. The second-order valence-corrected chi connectivity index (χ2v) is 11.1. The molecule has 4 rings (SSSR count). The summed E-state index contributed by atoms with van der Waals surface area (Å²) in [5.74, 6) is 0.641. The average molecular weight is 557 g/mol. The third-order valence-electron chi connectivity index (χ3n) is 4.74. The van der Waals surface area contributed by atoms with Crippen LogP contribution in [0.2, 0.25) is 10.0 Å². The molecule has 0 atom stereocenters. The summed E-state index contributed by atoms with van der Waals surface area (Å²) in [5.41, 5.74) is 2.86. The molecule has 176 valence electrons. The van der Waals surface area contributed by atoms with E-state index in [1.54, 1.807) is 41.9 Å². The van der Waals surface area contributed by atoms with Gasteiger partial charge in [0.15, 0.2) is 9.84 Å². The van der Waals surface area contributed by atoms with Crippen molar-refractivity contribution in [2.24, 2.45) is 7.05 Å². The molecule has 0 aliphatic heterocycles. The summed E-state index contributed by atoms with van der Waals surface area (Å²) in [6.07, 6.45) is 1.08. The van der Waals surface area contributed by atoms with E-state index < -0.39 is 15.4 Å². The number of thioether (sulfide) groups is 1. The number of nitrogens with zero attached hydrogens (tertiary/aromatic N) is 3. The molecule has 0 spiro atoms. The van der Waals surface area contributed by atoms with Crippen molar-refractivity contribution >= 4 is 94.9 Å². The smallest absolute Gasteiger partial charge is 0.261 e. The normalized spacial score (nSPS) is 12.8. The Morgan fingerprint density at radius 1 is 1.15 bits per heavy atom. The number of aromatic amines is 1. The van der Waals surface area contributed by atoms with Crippen molar-refractivity contribution in [3.63, 3.8) is 0 Å². The van der Waals surface area contributed by atoms with Gasteiger partial charge in [-0.3, -0.25) is 4.79 Å². The number of fused-ring (bicyclic) bond motifs is 3. The number of halogens is 3. The standard InChI is InChI=1S/C21H16Cl3N5O3S2/c1-29-18-14(26-21(29)27-17-11(23)4-3-5-12(17)24)7-6-13-16(18)20(30)28-19(25-13)15(10-22)33-8-9-34(2,31)32/h3-10H,1-2H3,(H,26,27)(H,25,28,30)/b9-8+,15-10+. The number of anilines is 2. The summed E-state index contributed by atoms with van der Waals surface area (Å²) >= 11 is 19.5. The number of para-hydroxylation sites is 1. The first-order valence-electron chi connectivity index (χ1n) is 9.53. The minimum absolute atomic E-state index is 0.207. The number of hydrogen-bond donors (Lipinski definition) is 2. The van der Waals surface area contributed by atoms with Crippen molar-refractivity contribution in [1.29, 1.82) is 0 Å². The zero-order chi connectivity index (χ0) is 24.6. The Morgan fingerprint density at radius 2 is 1.82 bits per heavy atom. The highest BCUT2D eigenvalue weighted by Crippen LogP contribution is 2.34. The van der Waals surface area contributed by atoms with Gasteiger partial charge in [-0.25, -0.2) is 18.4 Å². The fraction of sp³-hybridized carbons (Fsp3) is 0.0952. The van der Waals surface area contributed by atoms with Gasteiger partial charge >= 0.3 is 0 Å². The quantitative estimate of drug-likeness (QED) is 0.316. The van der Waals surface area contributed by atoms with Gasteiger partial charge in [0.1, 0.15) is 5.82 Å². The van der Waals surface area contributed by atoms with Gasteiger partial charge < -0.3 is 14.9 Å². The van der Waals surface area contributed by atoms with Crippen LogP contribution >= 0.6 is 46.6 Å². The predicted molar refractivity (Wildman–Crippen MR) is 142 cm³/mol. The molecule has 2 aromatic carbocycles. The number of nitrogens with one attached hydrogen (secondary N) is 2. The summed E-state index contributed by atoms with van der Waals surface area (Å²) in [5, 5.41) is 6.71. The van der Waals surface area contributed by atoms with E-state index >= 15 is 0 Å². The first kappa shape index (κ1) is 24.6. The Kier molecular flexibility index (Phi) is 6.97. The lowest BCUT2D eigenvalue weighted by molar-refractivity contribution is 0.610. The van der Waals surface area contributed by atoms with Crippen LogP contribution in [-0.4, -0.2) is 34.2 Å². The minimum Gasteiger partial charge on any atom is -0.323 e. The van der Waals surface area contributed by atoms with E-state index in [1.165, 1.54) is 10.9 Å². The lowest BCUT2D eigenvalue weighted by Gasteiger charge is -2.10. The Bertz CT molecular complexity index is 1640. The van der Waals surface area contributed by atoms with Crippen molar-refractivity contribution in [3.05, 3.63) is 72.9 Å². The molecule has 2 heterocycles. The lowest BCUT2D eigenvalue weighted by atomic mass is 10.2. The highest BCUT2D eigenvalue weighted by atomic mass is 35.5. The molecular weight excluding hydrogens is 541 g/mol. The third kappa shape index (κ3) is 4.96. The molecule has 4 aromatic rings. The summed E-state index contributed by atoms with van der Waals surface area (Å²) in [6, 6.07) is 8.57. The molecule has 0 saturated carbocycles. The van der Waals surface area contributed by atoms with Crippen LogP contribution in [0.1, 0.15) is 5.82 Å².